The van der Waals surface area contributed by atoms with E-state index in [4.69, 9.17) is 9.16 Å². The third-order valence-corrected chi connectivity index (χ3v) is 12.3. The standard InChI is InChI=1S/C27H30N2O4Si/c1-26(2,3)34(4,5)32-15-14-27-13-12-21(33-27)22-23(27)25(31)29(24(22)30)20-11-10-17(16-28)18-8-6-7-9-19(18)20/h6-13,21,30-31H,14-15H2,1-5H3/t21-,27-/m1/s1. The lowest BCUT2D eigenvalue weighted by atomic mass is 9.87. The SMILES string of the molecule is CC(C)(C)[Si](C)(C)OCC[C@@]12C=C[C@@H](O1)c1c2c(O)n(-c2ccc(C#N)c3ccccc23)c1O. The molecule has 2 N–H and O–H groups in total. The van der Waals surface area contributed by atoms with E-state index in [-0.39, 0.29) is 16.8 Å². The van der Waals surface area contributed by atoms with E-state index in [9.17, 15) is 15.5 Å². The molecule has 0 fully saturated rings. The summed E-state index contributed by atoms with van der Waals surface area (Å²) in [6, 6.07) is 13.2. The van der Waals surface area contributed by atoms with Gasteiger partial charge in [-0.3, -0.25) is 4.57 Å². The Labute approximate surface area is 200 Å². The number of benzene rings is 2. The van der Waals surface area contributed by atoms with E-state index in [1.54, 1.807) is 12.1 Å². The minimum absolute atomic E-state index is 0.0381. The van der Waals surface area contributed by atoms with E-state index in [1.165, 1.54) is 4.57 Å². The van der Waals surface area contributed by atoms with Crippen LogP contribution in [0.15, 0.2) is 48.6 Å². The molecule has 0 radical (unpaired) electrons. The average Bonchev–Trinajstić information content (AvgIpc) is 3.42. The van der Waals surface area contributed by atoms with Crippen LogP contribution in [-0.2, 0) is 14.8 Å². The normalized spacial score (nSPS) is 21.2. The van der Waals surface area contributed by atoms with Crippen LogP contribution in [0.1, 0.15) is 50.0 Å². The Balaban J connectivity index is 1.56. The van der Waals surface area contributed by atoms with Crippen molar-refractivity contribution in [3.63, 3.8) is 0 Å². The van der Waals surface area contributed by atoms with E-state index < -0.39 is 20.0 Å². The predicted molar refractivity (Wildman–Crippen MR) is 134 cm³/mol. The summed E-state index contributed by atoms with van der Waals surface area (Å²) in [6.45, 7) is 11.6. The van der Waals surface area contributed by atoms with Crippen LogP contribution in [0.2, 0.25) is 18.1 Å². The molecule has 0 saturated heterocycles. The fourth-order valence-electron chi connectivity index (χ4n) is 4.84. The molecule has 0 spiro atoms. The van der Waals surface area contributed by atoms with Gasteiger partial charge < -0.3 is 19.4 Å². The molecule has 5 rings (SSSR count). The first-order valence-electron chi connectivity index (χ1n) is 11.6. The number of fused-ring (bicyclic) bond motifs is 6. The van der Waals surface area contributed by atoms with Gasteiger partial charge >= 0.3 is 0 Å². The number of hydrogen-bond acceptors (Lipinski definition) is 5. The molecule has 7 heteroatoms. The Morgan fingerprint density at radius 3 is 2.50 bits per heavy atom. The number of rotatable bonds is 5. The van der Waals surface area contributed by atoms with Gasteiger partial charge in [0.2, 0.25) is 11.8 Å². The topological polar surface area (TPSA) is 87.6 Å². The van der Waals surface area contributed by atoms with E-state index in [1.807, 2.05) is 36.4 Å². The van der Waals surface area contributed by atoms with Crippen molar-refractivity contribution >= 4 is 19.1 Å². The fourth-order valence-corrected chi connectivity index (χ4v) is 5.89. The second-order valence-corrected chi connectivity index (χ2v) is 15.5. The minimum atomic E-state index is -1.94. The van der Waals surface area contributed by atoms with Crippen molar-refractivity contribution in [3.05, 3.63) is 65.2 Å². The number of nitriles is 1. The van der Waals surface area contributed by atoms with Gasteiger partial charge in [0.1, 0.15) is 11.7 Å². The van der Waals surface area contributed by atoms with Crippen LogP contribution < -0.4 is 0 Å². The number of nitrogens with zero attached hydrogens (tertiary/aromatic N) is 2. The highest BCUT2D eigenvalue weighted by atomic mass is 28.4. The molecule has 2 aliphatic heterocycles. The molecular formula is C27H30N2O4Si. The fraction of sp³-hybridized carbons (Fsp3) is 0.370. The molecule has 0 unspecified atom stereocenters. The molecule has 2 bridgehead atoms. The third kappa shape index (κ3) is 3.13. The maximum absolute atomic E-state index is 11.4. The monoisotopic (exact) mass is 474 g/mol. The van der Waals surface area contributed by atoms with Crippen molar-refractivity contribution in [1.82, 2.24) is 4.57 Å². The lowest BCUT2D eigenvalue weighted by Crippen LogP contribution is -2.41. The average molecular weight is 475 g/mol. The van der Waals surface area contributed by atoms with Crippen LogP contribution in [0, 0.1) is 11.3 Å². The Morgan fingerprint density at radius 2 is 1.82 bits per heavy atom. The molecule has 0 saturated carbocycles. The van der Waals surface area contributed by atoms with Gasteiger partial charge in [-0.1, -0.05) is 51.1 Å². The van der Waals surface area contributed by atoms with Crippen LogP contribution in [0.25, 0.3) is 16.5 Å². The van der Waals surface area contributed by atoms with Crippen LogP contribution >= 0.6 is 0 Å². The van der Waals surface area contributed by atoms with Gasteiger partial charge in [-0.25, -0.2) is 0 Å². The summed E-state index contributed by atoms with van der Waals surface area (Å²) in [5.41, 5.74) is 1.52. The molecule has 34 heavy (non-hydrogen) atoms. The van der Waals surface area contributed by atoms with E-state index in [0.29, 0.717) is 35.4 Å². The van der Waals surface area contributed by atoms with Gasteiger partial charge in [0.15, 0.2) is 8.32 Å². The first-order valence-corrected chi connectivity index (χ1v) is 14.5. The minimum Gasteiger partial charge on any atom is -0.494 e. The van der Waals surface area contributed by atoms with Crippen molar-refractivity contribution in [3.8, 4) is 23.5 Å². The summed E-state index contributed by atoms with van der Waals surface area (Å²) in [5, 5.41) is 33.9. The van der Waals surface area contributed by atoms with E-state index >= 15 is 0 Å². The zero-order valence-electron chi connectivity index (χ0n) is 20.2. The number of ether oxygens (including phenoxy) is 1. The summed E-state index contributed by atoms with van der Waals surface area (Å²) in [4.78, 5) is 0. The summed E-state index contributed by atoms with van der Waals surface area (Å²) in [5.74, 6) is -0.0783. The molecule has 6 nitrogen and oxygen atoms in total. The highest BCUT2D eigenvalue weighted by Gasteiger charge is 2.53. The molecule has 2 aromatic carbocycles. The van der Waals surface area contributed by atoms with Crippen molar-refractivity contribution in [1.29, 1.82) is 5.26 Å². The molecule has 3 aromatic rings. The molecule has 0 aliphatic carbocycles. The predicted octanol–water partition coefficient (Wildman–Crippen LogP) is 6.16. The Hall–Kier alpha value is -3.05. The third-order valence-electron chi connectivity index (χ3n) is 7.75. The molecule has 3 heterocycles. The van der Waals surface area contributed by atoms with Gasteiger partial charge in [0.05, 0.1) is 28.4 Å². The van der Waals surface area contributed by atoms with Crippen molar-refractivity contribution in [2.45, 2.75) is 57.0 Å². The maximum atomic E-state index is 11.4. The smallest absolute Gasteiger partial charge is 0.205 e. The maximum Gasteiger partial charge on any atom is 0.205 e. The van der Waals surface area contributed by atoms with E-state index in [2.05, 4.69) is 39.9 Å². The van der Waals surface area contributed by atoms with Gasteiger partial charge in [-0.2, -0.15) is 5.26 Å². The van der Waals surface area contributed by atoms with Crippen LogP contribution in [0.4, 0.5) is 0 Å². The molecular weight excluding hydrogens is 444 g/mol. The number of hydrogen-bond donors (Lipinski definition) is 2. The number of aromatic hydroxyl groups is 2. The molecule has 1 aromatic heterocycles. The molecule has 2 atom stereocenters. The van der Waals surface area contributed by atoms with Gasteiger partial charge in [0, 0.05) is 23.8 Å². The second-order valence-electron chi connectivity index (χ2n) is 10.7. The number of aromatic nitrogens is 1. The first kappa shape index (κ1) is 22.7. The van der Waals surface area contributed by atoms with Crippen LogP contribution in [-0.4, -0.2) is 29.7 Å². The Bertz CT molecular complexity index is 1380. The van der Waals surface area contributed by atoms with Crippen molar-refractivity contribution in [2.75, 3.05) is 6.61 Å². The van der Waals surface area contributed by atoms with Gasteiger partial charge in [-0.15, -0.1) is 0 Å². The Morgan fingerprint density at radius 1 is 1.12 bits per heavy atom. The van der Waals surface area contributed by atoms with E-state index in [0.717, 1.165) is 10.8 Å². The first-order chi connectivity index (χ1) is 16.0. The quantitative estimate of drug-likeness (QED) is 0.341. The highest BCUT2D eigenvalue weighted by molar-refractivity contribution is 6.74. The lowest BCUT2D eigenvalue weighted by molar-refractivity contribution is -0.0195. The summed E-state index contributed by atoms with van der Waals surface area (Å²) in [6.07, 6.45) is 4.05. The summed E-state index contributed by atoms with van der Waals surface area (Å²) < 4.78 is 14.2. The van der Waals surface area contributed by atoms with Crippen molar-refractivity contribution in [2.24, 2.45) is 0 Å². The summed E-state index contributed by atoms with van der Waals surface area (Å²) in [7, 11) is -1.94. The molecule has 2 aliphatic rings. The molecule has 0 amide bonds. The van der Waals surface area contributed by atoms with Gasteiger partial charge in [-0.05, 0) is 36.3 Å². The van der Waals surface area contributed by atoms with Gasteiger partial charge in [0.25, 0.3) is 0 Å². The van der Waals surface area contributed by atoms with Crippen LogP contribution in [0.3, 0.4) is 0 Å². The van der Waals surface area contributed by atoms with Crippen molar-refractivity contribution < 1.29 is 19.4 Å². The summed E-state index contributed by atoms with van der Waals surface area (Å²) >= 11 is 0. The molecule has 176 valence electrons. The lowest BCUT2D eigenvalue weighted by Gasteiger charge is -2.37. The van der Waals surface area contributed by atoms with Crippen LogP contribution in [0.5, 0.6) is 11.8 Å². The Kier molecular flexibility index (Phi) is 4.99. The highest BCUT2D eigenvalue weighted by Crippen LogP contribution is 2.60. The largest absolute Gasteiger partial charge is 0.494 e. The zero-order valence-corrected chi connectivity index (χ0v) is 21.2. The second kappa shape index (κ2) is 7.47. The zero-order chi connectivity index (χ0) is 24.5.